The van der Waals surface area contributed by atoms with Crippen LogP contribution in [0.4, 0.5) is 0 Å². The van der Waals surface area contributed by atoms with E-state index in [0.29, 0.717) is 19.4 Å². The van der Waals surface area contributed by atoms with Gasteiger partial charge in [-0.3, -0.25) is 9.59 Å². The van der Waals surface area contributed by atoms with Crippen molar-refractivity contribution < 1.29 is 24.5 Å². The number of carbonyl (C=O) groups excluding carboxylic acids is 2. The Balaban J connectivity index is 3.34. The van der Waals surface area contributed by atoms with Crippen LogP contribution < -0.4 is 5.32 Å². The van der Waals surface area contributed by atoms with Crippen molar-refractivity contribution in [3.05, 3.63) is 12.2 Å². The highest BCUT2D eigenvalue weighted by Gasteiger charge is 2.18. The molecule has 0 saturated heterocycles. The van der Waals surface area contributed by atoms with E-state index in [1.54, 1.807) is 6.08 Å². The zero-order chi connectivity index (χ0) is 65.6. The number of esters is 1. The van der Waals surface area contributed by atoms with Gasteiger partial charge in [-0.1, -0.05) is 463 Å². The van der Waals surface area contributed by atoms with E-state index in [9.17, 15) is 19.8 Å². The molecule has 0 aromatic carbocycles. The number of allylic oxidation sites excluding steroid dienone is 1. The molecule has 0 aromatic heterocycles. The Morgan fingerprint density at radius 3 is 0.747 bits per heavy atom. The first kappa shape index (κ1) is 89.6. The summed E-state index contributed by atoms with van der Waals surface area (Å²) in [6.45, 7) is 4.98. The molecule has 0 saturated carbocycles. The number of amides is 1. The summed E-state index contributed by atoms with van der Waals surface area (Å²) >= 11 is 0. The Bertz CT molecular complexity index is 1380. The molecule has 2 unspecified atom stereocenters. The largest absolute Gasteiger partial charge is 0.466 e. The van der Waals surface area contributed by atoms with Crippen molar-refractivity contribution in [1.82, 2.24) is 5.32 Å². The number of hydrogen-bond donors (Lipinski definition) is 3. The fraction of sp³-hybridized carbons (Fsp3) is 0.953. The van der Waals surface area contributed by atoms with E-state index in [-0.39, 0.29) is 18.5 Å². The molecule has 6 heteroatoms. The third-order valence-corrected chi connectivity index (χ3v) is 20.3. The molecule has 2 atom stereocenters. The van der Waals surface area contributed by atoms with Crippen LogP contribution in [0.5, 0.6) is 0 Å². The lowest BCUT2D eigenvalue weighted by Gasteiger charge is -2.20. The monoisotopic (exact) mass is 1280 g/mol. The van der Waals surface area contributed by atoms with Gasteiger partial charge >= 0.3 is 5.97 Å². The second-order valence-corrected chi connectivity index (χ2v) is 29.5. The van der Waals surface area contributed by atoms with Crippen LogP contribution in [-0.2, 0) is 14.3 Å². The van der Waals surface area contributed by atoms with E-state index in [4.69, 9.17) is 4.74 Å². The number of unbranched alkanes of at least 4 members (excludes halogenated alkanes) is 70. The Hall–Kier alpha value is -1.40. The molecular formula is C85H167NO5. The predicted octanol–water partition coefficient (Wildman–Crippen LogP) is 28.2. The summed E-state index contributed by atoms with van der Waals surface area (Å²) in [6.07, 6.45) is 104. The maximum absolute atomic E-state index is 12.6. The maximum atomic E-state index is 12.6. The molecule has 0 fully saturated rings. The van der Waals surface area contributed by atoms with E-state index >= 15 is 0 Å². The molecule has 0 bridgehead atoms. The van der Waals surface area contributed by atoms with Crippen molar-refractivity contribution >= 4 is 11.9 Å². The van der Waals surface area contributed by atoms with Crippen LogP contribution in [0.15, 0.2) is 12.2 Å². The molecule has 0 aromatic rings. The van der Waals surface area contributed by atoms with E-state index in [0.717, 1.165) is 38.5 Å². The standard InChI is InChI=1S/C85H167NO5/c1-3-5-7-9-11-13-15-17-19-21-23-24-25-33-36-39-42-45-49-53-57-61-65-69-73-77-83(88)82(81-87)86-84(89)78-74-70-66-62-58-54-50-46-43-40-37-34-31-29-27-26-28-30-32-35-38-41-44-48-52-56-60-64-68-72-76-80-91-85(90)79-75-71-67-63-59-55-51-47-22-20-18-16-14-12-10-8-6-4-2/h73,77,82-83,87-88H,3-72,74-76,78-81H2,1-2H3,(H,86,89)/b77-73+. The van der Waals surface area contributed by atoms with Crippen molar-refractivity contribution in [3.8, 4) is 0 Å². The lowest BCUT2D eigenvalue weighted by Crippen LogP contribution is -2.45. The zero-order valence-electron chi connectivity index (χ0n) is 62.4. The van der Waals surface area contributed by atoms with Crippen LogP contribution in [0.1, 0.15) is 495 Å². The van der Waals surface area contributed by atoms with Crippen LogP contribution in [0.3, 0.4) is 0 Å². The summed E-state index contributed by atoms with van der Waals surface area (Å²) in [5.41, 5.74) is 0. The first-order valence-electron chi connectivity index (χ1n) is 42.5. The number of rotatable bonds is 81. The van der Waals surface area contributed by atoms with E-state index in [1.165, 1.54) is 430 Å². The number of aliphatic hydroxyl groups is 2. The average molecular weight is 1280 g/mol. The molecule has 6 nitrogen and oxygen atoms in total. The number of nitrogens with one attached hydrogen (secondary N) is 1. The number of aliphatic hydroxyl groups excluding tert-OH is 2. The summed E-state index contributed by atoms with van der Waals surface area (Å²) in [5.74, 6) is -0.0311. The smallest absolute Gasteiger partial charge is 0.305 e. The van der Waals surface area contributed by atoms with Gasteiger partial charge in [0.2, 0.25) is 5.91 Å². The highest BCUT2D eigenvalue weighted by molar-refractivity contribution is 5.76. The van der Waals surface area contributed by atoms with Gasteiger partial charge in [0.05, 0.1) is 25.4 Å². The van der Waals surface area contributed by atoms with Gasteiger partial charge in [0.1, 0.15) is 0 Å². The van der Waals surface area contributed by atoms with Crippen LogP contribution in [0.2, 0.25) is 0 Å². The molecule has 0 radical (unpaired) electrons. The fourth-order valence-corrected chi connectivity index (χ4v) is 13.9. The third kappa shape index (κ3) is 77.5. The van der Waals surface area contributed by atoms with Crippen LogP contribution >= 0.6 is 0 Å². The fourth-order valence-electron chi connectivity index (χ4n) is 13.9. The van der Waals surface area contributed by atoms with Crippen molar-refractivity contribution in [2.45, 2.75) is 508 Å². The maximum Gasteiger partial charge on any atom is 0.305 e. The molecule has 1 amide bonds. The number of hydrogen-bond acceptors (Lipinski definition) is 5. The van der Waals surface area contributed by atoms with Gasteiger partial charge in [-0.25, -0.2) is 0 Å². The molecule has 0 aliphatic heterocycles. The molecule has 542 valence electrons. The van der Waals surface area contributed by atoms with Crippen LogP contribution in [-0.4, -0.2) is 47.4 Å². The van der Waals surface area contributed by atoms with Crippen LogP contribution in [0.25, 0.3) is 0 Å². The SMILES string of the molecule is CCCCCCCCCCCCCCCCCCCCCCCCC/C=C/C(O)C(CO)NC(=O)CCCCCCCCCCCCCCCCCCCCCCCCCCCCCCCCCOC(=O)CCCCCCCCCCCCCCCCCCCC. The van der Waals surface area contributed by atoms with Crippen molar-refractivity contribution in [2.24, 2.45) is 0 Å². The normalized spacial score (nSPS) is 12.4. The molecule has 91 heavy (non-hydrogen) atoms. The van der Waals surface area contributed by atoms with Crippen molar-refractivity contribution in [2.75, 3.05) is 13.2 Å². The van der Waals surface area contributed by atoms with Crippen molar-refractivity contribution in [1.29, 1.82) is 0 Å². The second kappa shape index (κ2) is 81.0. The molecule has 0 aliphatic rings. The topological polar surface area (TPSA) is 95.9 Å². The quantitative estimate of drug-likeness (QED) is 0.0320. The lowest BCUT2D eigenvalue weighted by atomic mass is 10.0. The van der Waals surface area contributed by atoms with Gasteiger partial charge in [0.25, 0.3) is 0 Å². The predicted molar refractivity (Wildman–Crippen MR) is 403 cm³/mol. The van der Waals surface area contributed by atoms with Gasteiger partial charge in [-0.05, 0) is 32.1 Å². The number of carbonyl (C=O) groups is 2. The Morgan fingerprint density at radius 2 is 0.505 bits per heavy atom. The molecule has 0 spiro atoms. The molecule has 0 rings (SSSR count). The van der Waals surface area contributed by atoms with Gasteiger partial charge < -0.3 is 20.3 Å². The molecule has 3 N–H and O–H groups in total. The summed E-state index contributed by atoms with van der Waals surface area (Å²) in [6, 6.07) is -0.626. The minimum absolute atomic E-state index is 0.0264. The molecule has 0 aliphatic carbocycles. The summed E-state index contributed by atoms with van der Waals surface area (Å²) in [5, 5.41) is 23.3. The highest BCUT2D eigenvalue weighted by Crippen LogP contribution is 2.21. The van der Waals surface area contributed by atoms with E-state index in [2.05, 4.69) is 19.2 Å². The third-order valence-electron chi connectivity index (χ3n) is 20.3. The zero-order valence-corrected chi connectivity index (χ0v) is 62.4. The Kier molecular flexibility index (Phi) is 79.8. The van der Waals surface area contributed by atoms with Gasteiger partial charge in [-0.2, -0.15) is 0 Å². The Labute approximate surface area is 571 Å². The van der Waals surface area contributed by atoms with Gasteiger partial charge in [0, 0.05) is 12.8 Å². The highest BCUT2D eigenvalue weighted by atomic mass is 16.5. The number of ether oxygens (including phenoxy) is 1. The van der Waals surface area contributed by atoms with E-state index < -0.39 is 12.1 Å². The molecule has 0 heterocycles. The van der Waals surface area contributed by atoms with Crippen molar-refractivity contribution in [3.63, 3.8) is 0 Å². The average Bonchev–Trinajstić information content (AvgIpc) is 3.64. The Morgan fingerprint density at radius 1 is 0.297 bits per heavy atom. The lowest BCUT2D eigenvalue weighted by molar-refractivity contribution is -0.143. The van der Waals surface area contributed by atoms with Crippen LogP contribution in [0, 0.1) is 0 Å². The molecular weight excluding hydrogens is 1110 g/mol. The minimum Gasteiger partial charge on any atom is -0.466 e. The summed E-state index contributed by atoms with van der Waals surface area (Å²) in [7, 11) is 0. The summed E-state index contributed by atoms with van der Waals surface area (Å²) < 4.78 is 5.52. The minimum atomic E-state index is -0.843. The first-order valence-corrected chi connectivity index (χ1v) is 42.5. The first-order chi connectivity index (χ1) is 45.0. The van der Waals surface area contributed by atoms with Gasteiger partial charge in [0.15, 0.2) is 0 Å². The second-order valence-electron chi connectivity index (χ2n) is 29.5. The van der Waals surface area contributed by atoms with Gasteiger partial charge in [-0.15, -0.1) is 0 Å². The summed E-state index contributed by atoms with van der Waals surface area (Å²) in [4.78, 5) is 24.7. The van der Waals surface area contributed by atoms with E-state index in [1.807, 2.05) is 6.08 Å².